The van der Waals surface area contributed by atoms with Gasteiger partial charge in [0.2, 0.25) is 0 Å². The normalized spacial score (nSPS) is 23.9. The van der Waals surface area contributed by atoms with Gasteiger partial charge in [-0.25, -0.2) is 4.98 Å². The van der Waals surface area contributed by atoms with E-state index in [1.807, 2.05) is 33.7 Å². The molecule has 1 aromatic heterocycles. The molecular formula is C26H40N6O. The van der Waals surface area contributed by atoms with Crippen molar-refractivity contribution in [2.75, 3.05) is 19.6 Å². The average Bonchev–Trinajstić information content (AvgIpc) is 3.26. The van der Waals surface area contributed by atoms with E-state index in [1.54, 1.807) is 0 Å². The number of guanidine groups is 1. The third-order valence-electron chi connectivity index (χ3n) is 7.70. The highest BCUT2D eigenvalue weighted by Gasteiger charge is 2.26. The van der Waals surface area contributed by atoms with Gasteiger partial charge in [0.15, 0.2) is 5.96 Å². The number of fused-ring (bicyclic) bond motifs is 1. The SMILES string of the molecule is C[C@@H]1CCC[C@H](C)N1CCCCCn1c(=O)c(CC2CCN(C(=N)N)C2)nc2ccccc21. The summed E-state index contributed by atoms with van der Waals surface area (Å²) in [6, 6.07) is 9.37. The first kappa shape index (κ1) is 23.7. The first-order chi connectivity index (χ1) is 15.9. The van der Waals surface area contributed by atoms with Gasteiger partial charge in [0.1, 0.15) is 5.69 Å². The molecule has 1 unspecified atom stereocenters. The summed E-state index contributed by atoms with van der Waals surface area (Å²) in [6.07, 6.45) is 8.90. The van der Waals surface area contributed by atoms with Crippen molar-refractivity contribution in [3.05, 3.63) is 40.3 Å². The Balaban J connectivity index is 1.40. The van der Waals surface area contributed by atoms with Crippen molar-refractivity contribution >= 4 is 17.0 Å². The number of para-hydroxylation sites is 2. The van der Waals surface area contributed by atoms with E-state index in [9.17, 15) is 4.79 Å². The summed E-state index contributed by atoms with van der Waals surface area (Å²) in [5.41, 5.74) is 8.18. The molecule has 0 spiro atoms. The molecule has 7 heteroatoms. The van der Waals surface area contributed by atoms with Crippen molar-refractivity contribution in [2.24, 2.45) is 11.7 Å². The van der Waals surface area contributed by atoms with Gasteiger partial charge >= 0.3 is 0 Å². The van der Waals surface area contributed by atoms with Crippen LogP contribution in [0.25, 0.3) is 11.0 Å². The zero-order valence-electron chi connectivity index (χ0n) is 20.3. The molecule has 33 heavy (non-hydrogen) atoms. The highest BCUT2D eigenvalue weighted by atomic mass is 16.1. The van der Waals surface area contributed by atoms with E-state index in [-0.39, 0.29) is 11.5 Å². The van der Waals surface area contributed by atoms with Crippen LogP contribution in [0.2, 0.25) is 0 Å². The molecule has 0 saturated carbocycles. The second-order valence-electron chi connectivity index (χ2n) is 10.1. The zero-order chi connectivity index (χ0) is 23.4. The number of aromatic nitrogens is 2. The molecule has 1 aromatic carbocycles. The number of benzene rings is 1. The minimum atomic E-state index is 0.0493. The number of hydrogen-bond acceptors (Lipinski definition) is 4. The lowest BCUT2D eigenvalue weighted by atomic mass is 9.97. The molecule has 3 heterocycles. The molecule has 2 saturated heterocycles. The first-order valence-electron chi connectivity index (χ1n) is 12.8. The summed E-state index contributed by atoms with van der Waals surface area (Å²) in [4.78, 5) is 22.7. The van der Waals surface area contributed by atoms with Gasteiger partial charge in [0, 0.05) is 31.7 Å². The molecule has 2 aliphatic heterocycles. The summed E-state index contributed by atoms with van der Waals surface area (Å²) in [5, 5.41) is 7.66. The van der Waals surface area contributed by atoms with E-state index in [2.05, 4.69) is 18.7 Å². The lowest BCUT2D eigenvalue weighted by Gasteiger charge is -2.39. The molecular weight excluding hydrogens is 412 g/mol. The van der Waals surface area contributed by atoms with Gasteiger partial charge in [-0.2, -0.15) is 0 Å². The molecule has 2 fully saturated rings. The Bertz CT molecular complexity index is 1010. The van der Waals surface area contributed by atoms with Gasteiger partial charge in [0.25, 0.3) is 5.56 Å². The molecule has 0 bridgehead atoms. The molecule has 0 amide bonds. The third-order valence-corrected chi connectivity index (χ3v) is 7.70. The van der Waals surface area contributed by atoms with Crippen LogP contribution in [-0.2, 0) is 13.0 Å². The van der Waals surface area contributed by atoms with E-state index in [1.165, 1.54) is 25.7 Å². The van der Waals surface area contributed by atoms with Gasteiger partial charge < -0.3 is 15.2 Å². The van der Waals surface area contributed by atoms with Gasteiger partial charge in [-0.05, 0) is 77.0 Å². The Morgan fingerprint density at radius 1 is 1.09 bits per heavy atom. The van der Waals surface area contributed by atoms with Crippen LogP contribution in [0, 0.1) is 11.3 Å². The van der Waals surface area contributed by atoms with Gasteiger partial charge in [0.05, 0.1) is 11.0 Å². The van der Waals surface area contributed by atoms with E-state index in [0.29, 0.717) is 30.1 Å². The molecule has 180 valence electrons. The lowest BCUT2D eigenvalue weighted by molar-refractivity contribution is 0.101. The van der Waals surface area contributed by atoms with Gasteiger partial charge in [-0.3, -0.25) is 15.1 Å². The van der Waals surface area contributed by atoms with Crippen molar-refractivity contribution in [3.8, 4) is 0 Å². The lowest BCUT2D eigenvalue weighted by Crippen LogP contribution is -2.44. The molecule has 4 rings (SSSR count). The average molecular weight is 453 g/mol. The molecule has 0 aliphatic carbocycles. The Hall–Kier alpha value is -2.41. The number of nitrogens with two attached hydrogens (primary N) is 1. The Morgan fingerprint density at radius 2 is 1.82 bits per heavy atom. The van der Waals surface area contributed by atoms with Crippen molar-refractivity contribution in [1.82, 2.24) is 19.4 Å². The summed E-state index contributed by atoms with van der Waals surface area (Å²) in [5.74, 6) is 0.437. The quantitative estimate of drug-likeness (QED) is 0.363. The fraction of sp³-hybridized carbons (Fsp3) is 0.654. The minimum Gasteiger partial charge on any atom is -0.370 e. The maximum absolute atomic E-state index is 13.4. The molecule has 7 nitrogen and oxygen atoms in total. The number of nitrogens with zero attached hydrogens (tertiary/aromatic N) is 4. The molecule has 2 aromatic rings. The number of unbranched alkanes of at least 4 members (excludes halogenated alkanes) is 2. The number of hydrogen-bond donors (Lipinski definition) is 2. The van der Waals surface area contributed by atoms with E-state index in [4.69, 9.17) is 16.1 Å². The van der Waals surface area contributed by atoms with E-state index < -0.39 is 0 Å². The Kier molecular flexibility index (Phi) is 7.68. The molecule has 2 aliphatic rings. The number of aryl methyl sites for hydroxylation is 1. The van der Waals surface area contributed by atoms with Crippen molar-refractivity contribution < 1.29 is 0 Å². The minimum absolute atomic E-state index is 0.0493. The summed E-state index contributed by atoms with van der Waals surface area (Å²) in [7, 11) is 0. The molecule has 0 radical (unpaired) electrons. The number of likely N-dealkylation sites (tertiary alicyclic amines) is 2. The topological polar surface area (TPSA) is 91.2 Å². The first-order valence-corrected chi connectivity index (χ1v) is 12.8. The van der Waals surface area contributed by atoms with Crippen LogP contribution < -0.4 is 11.3 Å². The van der Waals surface area contributed by atoms with E-state index >= 15 is 0 Å². The van der Waals surface area contributed by atoms with Gasteiger partial charge in [-0.15, -0.1) is 0 Å². The predicted octanol–water partition coefficient (Wildman–Crippen LogP) is 3.59. The largest absolute Gasteiger partial charge is 0.370 e. The number of rotatable bonds is 8. The van der Waals surface area contributed by atoms with Crippen molar-refractivity contribution in [3.63, 3.8) is 0 Å². The van der Waals surface area contributed by atoms with Crippen LogP contribution >= 0.6 is 0 Å². The van der Waals surface area contributed by atoms with Crippen LogP contribution in [0.3, 0.4) is 0 Å². The monoisotopic (exact) mass is 452 g/mol. The Labute approximate surface area is 197 Å². The predicted molar refractivity (Wildman–Crippen MR) is 135 cm³/mol. The second kappa shape index (κ2) is 10.7. The summed E-state index contributed by atoms with van der Waals surface area (Å²) >= 11 is 0. The fourth-order valence-corrected chi connectivity index (χ4v) is 5.75. The van der Waals surface area contributed by atoms with Crippen molar-refractivity contribution in [2.45, 2.75) is 83.8 Å². The van der Waals surface area contributed by atoms with Crippen molar-refractivity contribution in [1.29, 1.82) is 5.41 Å². The number of piperidine rings is 1. The van der Waals surface area contributed by atoms with Gasteiger partial charge in [-0.1, -0.05) is 25.0 Å². The van der Waals surface area contributed by atoms with Crippen LogP contribution in [0.15, 0.2) is 29.1 Å². The van der Waals surface area contributed by atoms with E-state index in [0.717, 1.165) is 56.5 Å². The maximum atomic E-state index is 13.4. The highest BCUT2D eigenvalue weighted by Crippen LogP contribution is 2.23. The standard InChI is InChI=1S/C26H40N6O/c1-19-9-8-10-20(2)31(19)14-6-3-7-15-32-24-12-5-4-11-22(24)29-23(25(32)33)17-21-13-16-30(18-21)26(27)28/h4-5,11-12,19-21H,3,6-10,13-18H2,1-2H3,(H3,27,28)/t19-,20+,21?. The second-order valence-corrected chi connectivity index (χ2v) is 10.1. The molecule has 3 atom stereocenters. The van der Waals surface area contributed by atoms with Crippen LogP contribution in [0.1, 0.15) is 64.5 Å². The van der Waals surface area contributed by atoms with Crippen LogP contribution in [0.4, 0.5) is 0 Å². The van der Waals surface area contributed by atoms with Crippen LogP contribution in [-0.4, -0.2) is 57.0 Å². The maximum Gasteiger partial charge on any atom is 0.272 e. The fourth-order valence-electron chi connectivity index (χ4n) is 5.75. The highest BCUT2D eigenvalue weighted by molar-refractivity contribution is 5.75. The molecule has 3 N–H and O–H groups in total. The summed E-state index contributed by atoms with van der Waals surface area (Å²) < 4.78 is 1.95. The number of nitrogens with one attached hydrogen (secondary N) is 1. The third kappa shape index (κ3) is 5.57. The summed E-state index contributed by atoms with van der Waals surface area (Å²) in [6.45, 7) is 8.14. The Morgan fingerprint density at radius 3 is 2.55 bits per heavy atom. The zero-order valence-corrected chi connectivity index (χ0v) is 20.3. The smallest absolute Gasteiger partial charge is 0.272 e. The van der Waals surface area contributed by atoms with Crippen LogP contribution in [0.5, 0.6) is 0 Å².